The second kappa shape index (κ2) is 7.26. The maximum absolute atomic E-state index is 11.8. The van der Waals surface area contributed by atoms with Crippen molar-refractivity contribution < 1.29 is 19.7 Å². The minimum absolute atomic E-state index is 0.0449. The quantitative estimate of drug-likeness (QED) is 0.591. The zero-order valence-electron chi connectivity index (χ0n) is 16.0. The highest BCUT2D eigenvalue weighted by atomic mass is 16.5. The highest BCUT2D eigenvalue weighted by Crippen LogP contribution is 2.33. The number of amides is 1. The van der Waals surface area contributed by atoms with Gasteiger partial charge in [0.25, 0.3) is 0 Å². The minimum atomic E-state index is -1.09. The number of nitrogens with zero attached hydrogens (tertiary/aromatic N) is 5. The van der Waals surface area contributed by atoms with E-state index >= 15 is 0 Å². The van der Waals surface area contributed by atoms with Gasteiger partial charge in [-0.2, -0.15) is 0 Å². The van der Waals surface area contributed by atoms with Crippen LogP contribution in [0.2, 0.25) is 0 Å². The van der Waals surface area contributed by atoms with E-state index in [9.17, 15) is 15.0 Å². The second-order valence-corrected chi connectivity index (χ2v) is 7.99. The number of aliphatic hydroxyl groups is 2. The van der Waals surface area contributed by atoms with E-state index in [0.29, 0.717) is 49.7 Å². The van der Waals surface area contributed by atoms with Crippen LogP contribution in [0.15, 0.2) is 12.7 Å². The van der Waals surface area contributed by atoms with Crippen LogP contribution in [0, 0.1) is 5.41 Å². The van der Waals surface area contributed by atoms with Crippen molar-refractivity contribution in [3.05, 3.63) is 12.7 Å². The number of nitrogens with one attached hydrogen (secondary N) is 1. The summed E-state index contributed by atoms with van der Waals surface area (Å²) in [4.78, 5) is 27.1. The molecule has 3 N–H and O–H groups in total. The summed E-state index contributed by atoms with van der Waals surface area (Å²) in [6.45, 7) is 2.68. The predicted molar refractivity (Wildman–Crippen MR) is 101 cm³/mol. The number of anilines is 1. The van der Waals surface area contributed by atoms with E-state index in [1.54, 1.807) is 13.4 Å². The number of β-amino-alcohol motifs (C(OH)–C–C–N with tert-alkyl or cyclic N) is 1. The van der Waals surface area contributed by atoms with Crippen molar-refractivity contribution >= 4 is 22.9 Å². The van der Waals surface area contributed by atoms with Crippen LogP contribution in [0.4, 0.5) is 5.82 Å². The highest BCUT2D eigenvalue weighted by molar-refractivity contribution is 5.83. The third-order valence-electron chi connectivity index (χ3n) is 5.66. The molecule has 0 aliphatic carbocycles. The molecular weight excluding hydrogens is 364 g/mol. The average molecular weight is 390 g/mol. The van der Waals surface area contributed by atoms with Gasteiger partial charge in [-0.05, 0) is 12.8 Å². The summed E-state index contributed by atoms with van der Waals surface area (Å²) in [7, 11) is 1.57. The van der Waals surface area contributed by atoms with Crippen molar-refractivity contribution in [2.45, 2.75) is 31.4 Å². The number of carbonyl (C=O) groups is 1. The average Bonchev–Trinajstić information content (AvgIpc) is 3.07. The van der Waals surface area contributed by atoms with Crippen LogP contribution in [-0.2, 0) is 16.1 Å². The number of hydrogen-bond acceptors (Lipinski definition) is 8. The molecule has 1 amide bonds. The molecule has 2 aliphatic heterocycles. The number of rotatable bonds is 6. The molecule has 2 aromatic heterocycles. The molecule has 0 aromatic carbocycles. The van der Waals surface area contributed by atoms with Crippen molar-refractivity contribution in [2.24, 2.45) is 5.41 Å². The van der Waals surface area contributed by atoms with Crippen molar-refractivity contribution in [1.29, 1.82) is 0 Å². The molecule has 28 heavy (non-hydrogen) atoms. The van der Waals surface area contributed by atoms with Crippen LogP contribution >= 0.6 is 0 Å². The van der Waals surface area contributed by atoms with Crippen LogP contribution < -0.4 is 10.2 Å². The van der Waals surface area contributed by atoms with E-state index < -0.39 is 5.60 Å². The normalized spacial score (nSPS) is 24.2. The van der Waals surface area contributed by atoms with Crippen molar-refractivity contribution in [1.82, 2.24) is 24.8 Å². The van der Waals surface area contributed by atoms with Crippen molar-refractivity contribution in [3.63, 3.8) is 0 Å². The molecule has 10 heteroatoms. The summed E-state index contributed by atoms with van der Waals surface area (Å²) in [5.74, 6) is 0.472. The number of imidazole rings is 1. The molecule has 2 aliphatic rings. The fourth-order valence-electron chi connectivity index (χ4n) is 4.02. The van der Waals surface area contributed by atoms with Crippen LogP contribution in [0.5, 0.6) is 0 Å². The summed E-state index contributed by atoms with van der Waals surface area (Å²) in [6.07, 6.45) is 4.58. The van der Waals surface area contributed by atoms with Gasteiger partial charge in [0.05, 0.1) is 43.6 Å². The molecule has 0 bridgehead atoms. The molecule has 2 aromatic rings. The Morgan fingerprint density at radius 3 is 2.86 bits per heavy atom. The zero-order chi connectivity index (χ0) is 19.8. The lowest BCUT2D eigenvalue weighted by molar-refractivity contribution is -0.144. The topological polar surface area (TPSA) is 126 Å². The summed E-state index contributed by atoms with van der Waals surface area (Å²) < 4.78 is 7.19. The lowest BCUT2D eigenvalue weighted by Crippen LogP contribution is -2.50. The minimum Gasteiger partial charge on any atom is -0.396 e. The Hall–Kier alpha value is -2.30. The molecule has 0 saturated carbocycles. The molecule has 10 nitrogen and oxygen atoms in total. The highest BCUT2D eigenvalue weighted by Gasteiger charge is 2.39. The van der Waals surface area contributed by atoms with Crippen LogP contribution in [0.3, 0.4) is 0 Å². The predicted octanol–water partition coefficient (Wildman–Crippen LogP) is -0.697. The van der Waals surface area contributed by atoms with E-state index in [0.717, 1.165) is 13.0 Å². The number of aliphatic hydroxyl groups excluding tert-OH is 1. The summed E-state index contributed by atoms with van der Waals surface area (Å²) in [6, 6.07) is 0. The first-order chi connectivity index (χ1) is 13.5. The van der Waals surface area contributed by atoms with Crippen LogP contribution in [0.25, 0.3) is 11.2 Å². The number of ether oxygens (including phenoxy) is 1. The Morgan fingerprint density at radius 2 is 2.18 bits per heavy atom. The summed E-state index contributed by atoms with van der Waals surface area (Å²) in [5, 5.41) is 23.2. The third kappa shape index (κ3) is 3.43. The van der Waals surface area contributed by atoms with Gasteiger partial charge in [-0.1, -0.05) is 0 Å². The van der Waals surface area contributed by atoms with Gasteiger partial charge in [0, 0.05) is 26.7 Å². The van der Waals surface area contributed by atoms with Gasteiger partial charge in [-0.25, -0.2) is 15.0 Å². The first-order valence-electron chi connectivity index (χ1n) is 9.50. The molecule has 4 rings (SSSR count). The van der Waals surface area contributed by atoms with E-state index in [1.807, 2.05) is 9.47 Å². The molecule has 1 atom stereocenters. The molecule has 2 fully saturated rings. The molecule has 0 spiro atoms. The summed E-state index contributed by atoms with van der Waals surface area (Å²) in [5.41, 5.74) is -0.0507. The van der Waals surface area contributed by atoms with Crippen LogP contribution in [0.1, 0.15) is 19.3 Å². The van der Waals surface area contributed by atoms with Gasteiger partial charge < -0.3 is 29.7 Å². The Bertz CT molecular complexity index is 861. The standard InChI is InChI=1S/C18H26N6O4/c1-19-13(26)5-18(27)3-2-4-23(7-18)15-14-16(21-11-20-15)24(12-22-14)6-17(8-25)9-28-10-17/h11-12,25,27H,2-10H2,1H3,(H,19,26). The lowest BCUT2D eigenvalue weighted by atomic mass is 9.87. The Balaban J connectivity index is 1.60. The monoisotopic (exact) mass is 390 g/mol. The Kier molecular flexibility index (Phi) is 4.94. The largest absolute Gasteiger partial charge is 0.396 e. The van der Waals surface area contributed by atoms with Gasteiger partial charge in [-0.15, -0.1) is 0 Å². The number of fused-ring (bicyclic) bond motifs is 1. The fourth-order valence-corrected chi connectivity index (χ4v) is 4.02. The number of carbonyl (C=O) groups excluding carboxylic acids is 1. The lowest BCUT2D eigenvalue weighted by Gasteiger charge is -2.40. The Labute approximate surface area is 162 Å². The molecule has 152 valence electrons. The zero-order valence-corrected chi connectivity index (χ0v) is 16.0. The smallest absolute Gasteiger partial charge is 0.222 e. The van der Waals surface area contributed by atoms with Gasteiger partial charge in [0.2, 0.25) is 5.91 Å². The number of hydrogen-bond donors (Lipinski definition) is 3. The first kappa shape index (κ1) is 19.0. The van der Waals surface area contributed by atoms with Gasteiger partial charge >= 0.3 is 0 Å². The first-order valence-corrected chi connectivity index (χ1v) is 9.50. The van der Waals surface area contributed by atoms with E-state index in [2.05, 4.69) is 20.3 Å². The molecule has 1 unspecified atom stereocenters. The maximum atomic E-state index is 11.8. The van der Waals surface area contributed by atoms with Crippen LogP contribution in [-0.4, -0.2) is 81.2 Å². The van der Waals surface area contributed by atoms with Gasteiger partial charge in [-0.3, -0.25) is 4.79 Å². The molecule has 4 heterocycles. The van der Waals surface area contributed by atoms with E-state index in [1.165, 1.54) is 6.33 Å². The third-order valence-corrected chi connectivity index (χ3v) is 5.66. The molecular formula is C18H26N6O4. The van der Waals surface area contributed by atoms with E-state index in [4.69, 9.17) is 4.74 Å². The molecule has 2 saturated heterocycles. The SMILES string of the molecule is CNC(=O)CC1(O)CCCN(c2ncnc3c2ncn3CC2(CO)COC2)C1. The number of piperidine rings is 1. The van der Waals surface area contributed by atoms with Gasteiger partial charge in [0.1, 0.15) is 6.33 Å². The van der Waals surface area contributed by atoms with E-state index in [-0.39, 0.29) is 24.3 Å². The van der Waals surface area contributed by atoms with Gasteiger partial charge in [0.15, 0.2) is 17.0 Å². The van der Waals surface area contributed by atoms with Crippen molar-refractivity contribution in [3.8, 4) is 0 Å². The Morgan fingerprint density at radius 1 is 1.36 bits per heavy atom. The summed E-state index contributed by atoms with van der Waals surface area (Å²) >= 11 is 0. The number of aromatic nitrogens is 4. The maximum Gasteiger partial charge on any atom is 0.222 e. The van der Waals surface area contributed by atoms with Crippen molar-refractivity contribution in [2.75, 3.05) is 44.9 Å². The fraction of sp³-hybridized carbons (Fsp3) is 0.667. The molecule has 0 radical (unpaired) electrons. The second-order valence-electron chi connectivity index (χ2n) is 7.99.